The molecule has 0 atom stereocenters. The monoisotopic (exact) mass is 345 g/mol. The predicted octanol–water partition coefficient (Wildman–Crippen LogP) is 1.95. The summed E-state index contributed by atoms with van der Waals surface area (Å²) in [4.78, 5) is 22.6. The molecule has 0 aliphatic rings. The molecule has 6 nitrogen and oxygen atoms in total. The highest BCUT2D eigenvalue weighted by Gasteiger charge is 2.09. The van der Waals surface area contributed by atoms with Crippen LogP contribution in [0.2, 0.25) is 0 Å². The van der Waals surface area contributed by atoms with E-state index in [9.17, 15) is 9.18 Å². The number of carbonyl (C=O) groups is 1. The molecule has 0 saturated heterocycles. The molecular weight excluding hydrogens is 321 g/mol. The molecule has 1 aromatic carbocycles. The number of carbonyl (C=O) groups excluding carboxylic acids is 1. The average Bonchev–Trinajstić information content (AvgIpc) is 2.60. The maximum absolute atomic E-state index is 13.5. The van der Waals surface area contributed by atoms with Gasteiger partial charge in [0.25, 0.3) is 5.91 Å². The lowest BCUT2D eigenvalue weighted by Crippen LogP contribution is -2.27. The number of nitrogens with zero attached hydrogens (tertiary/aromatic N) is 3. The van der Waals surface area contributed by atoms with E-state index in [1.165, 1.54) is 6.07 Å². The Bertz CT molecular complexity index is 693. The number of benzene rings is 1. The number of aromatic nitrogens is 2. The number of amides is 1. The van der Waals surface area contributed by atoms with Gasteiger partial charge in [-0.2, -0.15) is 0 Å². The predicted molar refractivity (Wildman–Crippen MR) is 96.1 cm³/mol. The second-order valence-electron chi connectivity index (χ2n) is 5.95. The van der Waals surface area contributed by atoms with Crippen molar-refractivity contribution in [1.82, 2.24) is 20.2 Å². The summed E-state index contributed by atoms with van der Waals surface area (Å²) in [7, 11) is 4.03. The van der Waals surface area contributed by atoms with Crippen molar-refractivity contribution in [1.29, 1.82) is 0 Å². The summed E-state index contributed by atoms with van der Waals surface area (Å²) in [5.41, 5.74) is 0.868. The first-order chi connectivity index (χ1) is 12.1. The zero-order valence-electron chi connectivity index (χ0n) is 14.6. The summed E-state index contributed by atoms with van der Waals surface area (Å²) < 4.78 is 13.5. The molecular formula is C18H24FN5O. The van der Waals surface area contributed by atoms with E-state index in [0.29, 0.717) is 30.2 Å². The van der Waals surface area contributed by atoms with E-state index < -0.39 is 0 Å². The van der Waals surface area contributed by atoms with Crippen molar-refractivity contribution in [2.75, 3.05) is 39.0 Å². The Hall–Kier alpha value is -2.54. The van der Waals surface area contributed by atoms with Gasteiger partial charge in [-0.05, 0) is 51.2 Å². The Morgan fingerprint density at radius 2 is 2.00 bits per heavy atom. The minimum absolute atomic E-state index is 0.261. The van der Waals surface area contributed by atoms with Gasteiger partial charge in [0.05, 0.1) is 0 Å². The fourth-order valence-electron chi connectivity index (χ4n) is 2.27. The Morgan fingerprint density at radius 1 is 1.20 bits per heavy atom. The molecule has 2 aromatic rings. The second kappa shape index (κ2) is 9.68. The zero-order valence-corrected chi connectivity index (χ0v) is 14.6. The first-order valence-corrected chi connectivity index (χ1v) is 8.29. The molecule has 134 valence electrons. The van der Waals surface area contributed by atoms with Gasteiger partial charge in [-0.1, -0.05) is 18.2 Å². The third-order valence-electron chi connectivity index (χ3n) is 3.59. The van der Waals surface area contributed by atoms with E-state index in [2.05, 4.69) is 25.5 Å². The summed E-state index contributed by atoms with van der Waals surface area (Å²) in [6.07, 6.45) is 2.93. The van der Waals surface area contributed by atoms with Crippen molar-refractivity contribution in [3.05, 3.63) is 53.6 Å². The molecule has 1 heterocycles. The summed E-state index contributed by atoms with van der Waals surface area (Å²) in [5, 5.41) is 5.86. The molecule has 2 rings (SSSR count). The van der Waals surface area contributed by atoms with Crippen LogP contribution in [0.25, 0.3) is 0 Å². The molecule has 0 radical (unpaired) electrons. The van der Waals surface area contributed by atoms with Crippen LogP contribution in [0.15, 0.2) is 36.5 Å². The average molecular weight is 345 g/mol. The maximum Gasteiger partial charge on any atom is 0.270 e. The van der Waals surface area contributed by atoms with Crippen molar-refractivity contribution in [3.63, 3.8) is 0 Å². The van der Waals surface area contributed by atoms with E-state index in [4.69, 9.17) is 0 Å². The Labute approximate surface area is 147 Å². The van der Waals surface area contributed by atoms with Gasteiger partial charge in [-0.15, -0.1) is 0 Å². The zero-order chi connectivity index (χ0) is 18.1. The van der Waals surface area contributed by atoms with Crippen LogP contribution in [0.3, 0.4) is 0 Å². The molecule has 7 heteroatoms. The molecule has 0 bridgehead atoms. The SMILES string of the molecule is CN(C)CCCNc1nccc(C(=O)NCCc2ccccc2F)n1. The van der Waals surface area contributed by atoms with E-state index in [-0.39, 0.29) is 11.7 Å². The highest BCUT2D eigenvalue weighted by Crippen LogP contribution is 2.06. The first-order valence-electron chi connectivity index (χ1n) is 8.29. The van der Waals surface area contributed by atoms with Gasteiger partial charge in [0.2, 0.25) is 5.95 Å². The van der Waals surface area contributed by atoms with Crippen LogP contribution in [0.1, 0.15) is 22.5 Å². The maximum atomic E-state index is 13.5. The lowest BCUT2D eigenvalue weighted by Gasteiger charge is -2.10. The number of hydrogen-bond donors (Lipinski definition) is 2. The Balaban J connectivity index is 1.81. The van der Waals surface area contributed by atoms with Gasteiger partial charge in [0, 0.05) is 19.3 Å². The van der Waals surface area contributed by atoms with Crippen molar-refractivity contribution in [3.8, 4) is 0 Å². The number of halogens is 1. The van der Waals surface area contributed by atoms with E-state index in [1.54, 1.807) is 30.5 Å². The Morgan fingerprint density at radius 3 is 2.76 bits per heavy atom. The minimum atomic E-state index is -0.296. The minimum Gasteiger partial charge on any atom is -0.354 e. The normalized spacial score (nSPS) is 10.7. The van der Waals surface area contributed by atoms with E-state index >= 15 is 0 Å². The lowest BCUT2D eigenvalue weighted by atomic mass is 10.1. The van der Waals surface area contributed by atoms with Crippen LogP contribution in [0.4, 0.5) is 10.3 Å². The molecule has 0 fully saturated rings. The number of hydrogen-bond acceptors (Lipinski definition) is 5. The third-order valence-corrected chi connectivity index (χ3v) is 3.59. The quantitative estimate of drug-likeness (QED) is 0.680. The first kappa shape index (κ1) is 18.8. The van der Waals surface area contributed by atoms with Gasteiger partial charge in [0.15, 0.2) is 0 Å². The largest absolute Gasteiger partial charge is 0.354 e. The van der Waals surface area contributed by atoms with Crippen LogP contribution in [0, 0.1) is 5.82 Å². The number of nitrogens with one attached hydrogen (secondary N) is 2. The van der Waals surface area contributed by atoms with Crippen LogP contribution < -0.4 is 10.6 Å². The second-order valence-corrected chi connectivity index (χ2v) is 5.95. The van der Waals surface area contributed by atoms with Gasteiger partial charge < -0.3 is 15.5 Å². The van der Waals surface area contributed by atoms with Crippen molar-refractivity contribution in [2.45, 2.75) is 12.8 Å². The van der Waals surface area contributed by atoms with Crippen LogP contribution in [-0.2, 0) is 6.42 Å². The standard InChI is InChI=1S/C18H24FN5O/c1-24(2)13-5-10-21-18-22-12-9-16(23-18)17(25)20-11-8-14-6-3-4-7-15(14)19/h3-4,6-7,9,12H,5,8,10-11,13H2,1-2H3,(H,20,25)(H,21,22,23). The van der Waals surface area contributed by atoms with Crippen LogP contribution >= 0.6 is 0 Å². The summed E-state index contributed by atoms with van der Waals surface area (Å²) in [6, 6.07) is 8.10. The number of rotatable bonds is 9. The summed E-state index contributed by atoms with van der Waals surface area (Å²) >= 11 is 0. The van der Waals surface area contributed by atoms with Gasteiger partial charge in [-0.3, -0.25) is 4.79 Å². The molecule has 2 N–H and O–H groups in total. The topological polar surface area (TPSA) is 70.2 Å². The highest BCUT2D eigenvalue weighted by atomic mass is 19.1. The molecule has 0 aliphatic carbocycles. The molecule has 1 amide bonds. The van der Waals surface area contributed by atoms with Crippen molar-refractivity contribution >= 4 is 11.9 Å². The van der Waals surface area contributed by atoms with Gasteiger partial charge in [-0.25, -0.2) is 14.4 Å². The molecule has 0 aliphatic heterocycles. The Kier molecular flexibility index (Phi) is 7.28. The highest BCUT2D eigenvalue weighted by molar-refractivity contribution is 5.92. The van der Waals surface area contributed by atoms with Crippen LogP contribution in [-0.4, -0.2) is 54.5 Å². The van der Waals surface area contributed by atoms with Gasteiger partial charge >= 0.3 is 0 Å². The van der Waals surface area contributed by atoms with Crippen LogP contribution in [0.5, 0.6) is 0 Å². The molecule has 25 heavy (non-hydrogen) atoms. The molecule has 0 spiro atoms. The lowest BCUT2D eigenvalue weighted by molar-refractivity contribution is 0.0949. The summed E-state index contributed by atoms with van der Waals surface area (Å²) in [6.45, 7) is 2.04. The van der Waals surface area contributed by atoms with E-state index in [0.717, 1.165) is 19.5 Å². The molecule has 0 unspecified atom stereocenters. The van der Waals surface area contributed by atoms with Crippen molar-refractivity contribution < 1.29 is 9.18 Å². The number of anilines is 1. The third kappa shape index (κ3) is 6.46. The molecule has 0 saturated carbocycles. The summed E-state index contributed by atoms with van der Waals surface area (Å²) in [5.74, 6) is -0.126. The van der Waals surface area contributed by atoms with Crippen molar-refractivity contribution in [2.24, 2.45) is 0 Å². The van der Waals surface area contributed by atoms with E-state index in [1.807, 2.05) is 14.1 Å². The molecule has 1 aromatic heterocycles. The fourth-order valence-corrected chi connectivity index (χ4v) is 2.27. The van der Waals surface area contributed by atoms with Gasteiger partial charge in [0.1, 0.15) is 11.5 Å². The fraction of sp³-hybridized carbons (Fsp3) is 0.389. The smallest absolute Gasteiger partial charge is 0.270 e.